The average molecular weight is 291 g/mol. The van der Waals surface area contributed by atoms with Gasteiger partial charge in [0, 0.05) is 12.0 Å². The molecule has 4 N–H and O–H groups in total. The summed E-state index contributed by atoms with van der Waals surface area (Å²) in [6.07, 6.45) is 6.31. The Morgan fingerprint density at radius 2 is 1.95 bits per heavy atom. The number of hydrogen-bond acceptors (Lipinski definition) is 5. The molecule has 0 aliphatic carbocycles. The Balaban J connectivity index is 1.94. The lowest BCUT2D eigenvalue weighted by atomic mass is 10.1. The number of anilines is 2. The van der Waals surface area contributed by atoms with Gasteiger partial charge in [0.25, 0.3) is 0 Å². The first kappa shape index (κ1) is 15.5. The van der Waals surface area contributed by atoms with Crippen LogP contribution in [-0.4, -0.2) is 20.8 Å². The maximum absolute atomic E-state index is 12.4. The lowest BCUT2D eigenvalue weighted by Gasteiger charge is -2.21. The van der Waals surface area contributed by atoms with Crippen molar-refractivity contribution in [2.45, 2.75) is 65.0 Å². The van der Waals surface area contributed by atoms with Gasteiger partial charge in [0.05, 0.1) is 18.3 Å². The molecule has 1 aliphatic heterocycles. The molecule has 0 bridgehead atoms. The molecule has 1 aliphatic rings. The quantitative estimate of drug-likeness (QED) is 0.784. The number of carbonyl (C=O) groups is 1. The second-order valence-electron chi connectivity index (χ2n) is 5.69. The number of unbranched alkanes of at least 4 members (excludes halogenated alkanes) is 4. The van der Waals surface area contributed by atoms with Crippen molar-refractivity contribution in [1.82, 2.24) is 14.9 Å². The Morgan fingerprint density at radius 3 is 2.67 bits per heavy atom. The first-order valence-corrected chi connectivity index (χ1v) is 7.75. The second-order valence-corrected chi connectivity index (χ2v) is 5.69. The van der Waals surface area contributed by atoms with E-state index in [1.807, 2.05) is 11.8 Å². The highest BCUT2D eigenvalue weighted by Gasteiger charge is 2.33. The van der Waals surface area contributed by atoms with Crippen LogP contribution in [0.3, 0.4) is 0 Å². The van der Waals surface area contributed by atoms with E-state index in [9.17, 15) is 4.79 Å². The number of hydrogen-bond donors (Lipinski definition) is 2. The van der Waals surface area contributed by atoms with Crippen molar-refractivity contribution in [1.29, 1.82) is 0 Å². The number of amides is 1. The summed E-state index contributed by atoms with van der Waals surface area (Å²) >= 11 is 0. The highest BCUT2D eigenvalue weighted by molar-refractivity contribution is 5.78. The number of nitrogen functional groups attached to an aromatic ring is 2. The molecule has 6 heteroatoms. The summed E-state index contributed by atoms with van der Waals surface area (Å²) in [5.41, 5.74) is 13.2. The molecule has 2 rings (SSSR count). The topological polar surface area (TPSA) is 98.1 Å². The number of carbonyl (C=O) groups excluding carboxylic acids is 1. The summed E-state index contributed by atoms with van der Waals surface area (Å²) in [7, 11) is 0. The van der Waals surface area contributed by atoms with Gasteiger partial charge in [0.1, 0.15) is 5.82 Å². The number of rotatable bonds is 6. The van der Waals surface area contributed by atoms with E-state index in [2.05, 4.69) is 16.9 Å². The number of aromatic nitrogens is 2. The fourth-order valence-corrected chi connectivity index (χ4v) is 2.83. The molecule has 0 spiro atoms. The van der Waals surface area contributed by atoms with Gasteiger partial charge < -0.3 is 16.4 Å². The Kier molecular flexibility index (Phi) is 4.98. The summed E-state index contributed by atoms with van der Waals surface area (Å²) in [6.45, 7) is 4.65. The number of nitrogens with zero attached hydrogens (tertiary/aromatic N) is 3. The van der Waals surface area contributed by atoms with E-state index in [0.717, 1.165) is 24.1 Å². The maximum Gasteiger partial charge on any atom is 0.223 e. The van der Waals surface area contributed by atoms with Gasteiger partial charge in [-0.1, -0.05) is 32.6 Å². The predicted molar refractivity (Wildman–Crippen MR) is 83.2 cm³/mol. The van der Waals surface area contributed by atoms with Crippen LogP contribution in [0.2, 0.25) is 0 Å². The average Bonchev–Trinajstić information content (AvgIpc) is 2.76. The molecular weight excluding hydrogens is 266 g/mol. The summed E-state index contributed by atoms with van der Waals surface area (Å²) in [4.78, 5) is 22.4. The molecule has 1 aromatic rings. The normalized spacial score (nSPS) is 17.0. The van der Waals surface area contributed by atoms with Crippen LogP contribution in [0, 0.1) is 0 Å². The highest BCUT2D eigenvalue weighted by atomic mass is 16.2. The minimum atomic E-state index is -0.0734. The van der Waals surface area contributed by atoms with Crippen LogP contribution in [0.1, 0.15) is 69.7 Å². The third kappa shape index (κ3) is 3.43. The number of nitrogens with two attached hydrogens (primary N) is 2. The first-order chi connectivity index (χ1) is 10.0. The van der Waals surface area contributed by atoms with Gasteiger partial charge in [0.2, 0.25) is 11.9 Å². The van der Waals surface area contributed by atoms with Gasteiger partial charge in [-0.2, -0.15) is 4.98 Å². The summed E-state index contributed by atoms with van der Waals surface area (Å²) in [5, 5.41) is 0. The molecule has 2 heterocycles. The molecule has 0 saturated carbocycles. The van der Waals surface area contributed by atoms with E-state index in [-0.39, 0.29) is 17.9 Å². The van der Waals surface area contributed by atoms with Crippen molar-refractivity contribution in [2.24, 2.45) is 0 Å². The molecule has 0 fully saturated rings. The zero-order valence-corrected chi connectivity index (χ0v) is 12.9. The molecule has 21 heavy (non-hydrogen) atoms. The van der Waals surface area contributed by atoms with E-state index in [1.165, 1.54) is 19.3 Å². The third-order valence-electron chi connectivity index (χ3n) is 4.09. The second kappa shape index (κ2) is 6.74. The van der Waals surface area contributed by atoms with Crippen LogP contribution in [-0.2, 0) is 11.3 Å². The van der Waals surface area contributed by atoms with Gasteiger partial charge in [-0.15, -0.1) is 0 Å². The van der Waals surface area contributed by atoms with Gasteiger partial charge in [-0.25, -0.2) is 4.98 Å². The Bertz CT molecular complexity index is 517. The zero-order valence-electron chi connectivity index (χ0n) is 12.9. The van der Waals surface area contributed by atoms with E-state index >= 15 is 0 Å². The standard InChI is InChI=1S/C15H25N5O/c1-3-4-5-6-7-8-12(21)20-9-11-13(10(20)2)18-15(17)19-14(11)16/h10H,3-9H2,1-2H3,(H4,16,17,18,19). The molecule has 6 nitrogen and oxygen atoms in total. The smallest absolute Gasteiger partial charge is 0.223 e. The van der Waals surface area contributed by atoms with E-state index in [1.54, 1.807) is 0 Å². The monoisotopic (exact) mass is 291 g/mol. The van der Waals surface area contributed by atoms with Gasteiger partial charge in [-0.3, -0.25) is 4.79 Å². The minimum absolute atomic E-state index is 0.0734. The van der Waals surface area contributed by atoms with Crippen LogP contribution in [0.5, 0.6) is 0 Å². The molecule has 1 aromatic heterocycles. The highest BCUT2D eigenvalue weighted by Crippen LogP contribution is 2.35. The van der Waals surface area contributed by atoms with Crippen LogP contribution in [0.15, 0.2) is 0 Å². The number of fused-ring (bicyclic) bond motifs is 1. The largest absolute Gasteiger partial charge is 0.383 e. The maximum atomic E-state index is 12.4. The molecule has 116 valence electrons. The fourth-order valence-electron chi connectivity index (χ4n) is 2.83. The summed E-state index contributed by atoms with van der Waals surface area (Å²) in [5.74, 6) is 0.726. The van der Waals surface area contributed by atoms with Crippen molar-refractivity contribution in [3.63, 3.8) is 0 Å². The van der Waals surface area contributed by atoms with E-state index < -0.39 is 0 Å². The van der Waals surface area contributed by atoms with Crippen LogP contribution in [0.25, 0.3) is 0 Å². The molecule has 0 radical (unpaired) electrons. The zero-order chi connectivity index (χ0) is 15.4. The van der Waals surface area contributed by atoms with Crippen molar-refractivity contribution in [3.05, 3.63) is 11.3 Å². The molecule has 0 aromatic carbocycles. The summed E-state index contributed by atoms with van der Waals surface area (Å²) < 4.78 is 0. The Morgan fingerprint density at radius 1 is 1.24 bits per heavy atom. The Hall–Kier alpha value is -1.85. The fraction of sp³-hybridized carbons (Fsp3) is 0.667. The molecule has 1 unspecified atom stereocenters. The first-order valence-electron chi connectivity index (χ1n) is 7.75. The Labute approximate surface area is 125 Å². The van der Waals surface area contributed by atoms with Crippen molar-refractivity contribution in [3.8, 4) is 0 Å². The van der Waals surface area contributed by atoms with Crippen molar-refractivity contribution in [2.75, 3.05) is 11.5 Å². The molecule has 0 saturated heterocycles. The van der Waals surface area contributed by atoms with Crippen LogP contribution < -0.4 is 11.5 Å². The molecule has 1 amide bonds. The molecule has 1 atom stereocenters. The van der Waals surface area contributed by atoms with Crippen molar-refractivity contribution < 1.29 is 4.79 Å². The van der Waals surface area contributed by atoms with Gasteiger partial charge in [0.15, 0.2) is 0 Å². The third-order valence-corrected chi connectivity index (χ3v) is 4.09. The molecular formula is C15H25N5O. The lowest BCUT2D eigenvalue weighted by Crippen LogP contribution is -2.28. The SMILES string of the molecule is CCCCCCCC(=O)N1Cc2c(N)nc(N)nc2C1C. The van der Waals surface area contributed by atoms with Crippen molar-refractivity contribution >= 4 is 17.7 Å². The van der Waals surface area contributed by atoms with E-state index in [0.29, 0.717) is 18.8 Å². The van der Waals surface area contributed by atoms with Crippen LogP contribution in [0.4, 0.5) is 11.8 Å². The van der Waals surface area contributed by atoms with Gasteiger partial charge in [-0.05, 0) is 13.3 Å². The van der Waals surface area contributed by atoms with E-state index in [4.69, 9.17) is 11.5 Å². The van der Waals surface area contributed by atoms with Crippen LogP contribution >= 0.6 is 0 Å². The summed E-state index contributed by atoms with van der Waals surface area (Å²) in [6, 6.07) is -0.0734. The minimum Gasteiger partial charge on any atom is -0.383 e. The van der Waals surface area contributed by atoms with Gasteiger partial charge >= 0.3 is 0 Å². The predicted octanol–water partition coefficient (Wildman–Crippen LogP) is 2.40. The lowest BCUT2D eigenvalue weighted by molar-refractivity contribution is -0.133.